The van der Waals surface area contributed by atoms with Crippen LogP contribution in [0.15, 0.2) is 40.9 Å². The molecule has 0 spiro atoms. The Morgan fingerprint density at radius 2 is 1.69 bits per heavy atom. The highest BCUT2D eigenvalue weighted by atomic mass is 79.9. The Hall–Kier alpha value is -2.54. The molecular weight excluding hydrogens is 508 g/mol. The molecule has 35 heavy (non-hydrogen) atoms. The van der Waals surface area contributed by atoms with Crippen LogP contribution in [0.4, 0.5) is 0 Å². The van der Waals surface area contributed by atoms with Gasteiger partial charge in [0.25, 0.3) is 5.91 Å². The zero-order valence-corrected chi connectivity index (χ0v) is 22.8. The number of halogens is 1. The standard InChI is InChI=1S/C28H37BrN2O4/c1-5-25(28(33)30-22-9-7-6-8-10-22)31(17-21-11-13-23(34-4)14-12-21)26(32)18-35-24-15-19(2)27(29)20(3)16-24/h11-16,22,25H,5-10,17-18H2,1-4H3,(H,30,33)/t25-/m0/s1. The van der Waals surface area contributed by atoms with Crippen LogP contribution in [0.3, 0.4) is 0 Å². The molecule has 1 atom stereocenters. The average molecular weight is 546 g/mol. The first kappa shape index (κ1) is 27.1. The lowest BCUT2D eigenvalue weighted by Crippen LogP contribution is -2.52. The van der Waals surface area contributed by atoms with Gasteiger partial charge in [-0.05, 0) is 74.1 Å². The Morgan fingerprint density at radius 1 is 1.06 bits per heavy atom. The number of hydrogen-bond acceptors (Lipinski definition) is 4. The van der Waals surface area contributed by atoms with E-state index in [9.17, 15) is 9.59 Å². The Bertz CT molecular complexity index is 980. The number of nitrogens with one attached hydrogen (secondary N) is 1. The predicted molar refractivity (Wildman–Crippen MR) is 142 cm³/mol. The number of carbonyl (C=O) groups is 2. The molecular formula is C28H37BrN2O4. The van der Waals surface area contributed by atoms with Gasteiger partial charge in [-0.3, -0.25) is 9.59 Å². The van der Waals surface area contributed by atoms with E-state index in [0.29, 0.717) is 18.7 Å². The molecule has 190 valence electrons. The van der Waals surface area contributed by atoms with Crippen LogP contribution in [-0.2, 0) is 16.1 Å². The molecule has 0 unspecified atom stereocenters. The topological polar surface area (TPSA) is 67.9 Å². The number of hydrogen-bond donors (Lipinski definition) is 1. The van der Waals surface area contributed by atoms with Crippen LogP contribution >= 0.6 is 15.9 Å². The van der Waals surface area contributed by atoms with E-state index in [2.05, 4.69) is 21.2 Å². The number of carbonyl (C=O) groups excluding carboxylic acids is 2. The van der Waals surface area contributed by atoms with Crippen LogP contribution in [-0.4, -0.2) is 42.5 Å². The maximum absolute atomic E-state index is 13.5. The third kappa shape index (κ3) is 7.47. The van der Waals surface area contributed by atoms with Gasteiger partial charge in [0.15, 0.2) is 6.61 Å². The van der Waals surface area contributed by atoms with Crippen molar-refractivity contribution in [2.24, 2.45) is 0 Å². The average Bonchev–Trinajstić information content (AvgIpc) is 2.86. The predicted octanol–water partition coefficient (Wildman–Crippen LogP) is 5.71. The highest BCUT2D eigenvalue weighted by Gasteiger charge is 2.30. The van der Waals surface area contributed by atoms with Crippen LogP contribution in [0.5, 0.6) is 11.5 Å². The van der Waals surface area contributed by atoms with Gasteiger partial charge < -0.3 is 19.7 Å². The summed E-state index contributed by atoms with van der Waals surface area (Å²) in [5.41, 5.74) is 3.01. The highest BCUT2D eigenvalue weighted by molar-refractivity contribution is 9.10. The summed E-state index contributed by atoms with van der Waals surface area (Å²) in [4.78, 5) is 28.4. The molecule has 2 amide bonds. The van der Waals surface area contributed by atoms with Gasteiger partial charge >= 0.3 is 0 Å². The maximum Gasteiger partial charge on any atom is 0.261 e. The van der Waals surface area contributed by atoms with Gasteiger partial charge in [0.2, 0.25) is 5.91 Å². The Labute approximate surface area is 217 Å². The summed E-state index contributed by atoms with van der Waals surface area (Å²) in [5, 5.41) is 3.21. The Kier molecular flexibility index (Phi) is 10.0. The Morgan fingerprint density at radius 3 is 2.26 bits per heavy atom. The number of methoxy groups -OCH3 is 1. The first-order valence-electron chi connectivity index (χ1n) is 12.4. The monoisotopic (exact) mass is 544 g/mol. The maximum atomic E-state index is 13.5. The molecule has 0 saturated heterocycles. The Balaban J connectivity index is 1.78. The van der Waals surface area contributed by atoms with Crippen molar-refractivity contribution in [3.8, 4) is 11.5 Å². The van der Waals surface area contributed by atoms with E-state index in [1.807, 2.05) is 57.2 Å². The largest absolute Gasteiger partial charge is 0.497 e. The summed E-state index contributed by atoms with van der Waals surface area (Å²) in [6, 6.07) is 11.0. The molecule has 0 heterocycles. The van der Waals surface area contributed by atoms with Crippen molar-refractivity contribution >= 4 is 27.7 Å². The normalized spacial score (nSPS) is 14.8. The second kappa shape index (κ2) is 13.0. The van der Waals surface area contributed by atoms with Crippen LogP contribution in [0.25, 0.3) is 0 Å². The van der Waals surface area contributed by atoms with Gasteiger partial charge in [0.05, 0.1) is 7.11 Å². The third-order valence-corrected chi connectivity index (χ3v) is 7.87. The summed E-state index contributed by atoms with van der Waals surface area (Å²) < 4.78 is 12.2. The molecule has 1 fully saturated rings. The minimum absolute atomic E-state index is 0.0865. The molecule has 3 rings (SSSR count). The van der Waals surface area contributed by atoms with Crippen molar-refractivity contribution in [2.75, 3.05) is 13.7 Å². The van der Waals surface area contributed by atoms with Crippen molar-refractivity contribution in [1.29, 1.82) is 0 Å². The molecule has 2 aromatic rings. The van der Waals surface area contributed by atoms with Crippen molar-refractivity contribution in [3.05, 3.63) is 57.6 Å². The van der Waals surface area contributed by atoms with Gasteiger partial charge in [-0.15, -0.1) is 0 Å². The van der Waals surface area contributed by atoms with Gasteiger partial charge in [-0.25, -0.2) is 0 Å². The molecule has 0 aliphatic heterocycles. The molecule has 6 nitrogen and oxygen atoms in total. The van der Waals surface area contributed by atoms with Gasteiger partial charge in [-0.1, -0.05) is 54.2 Å². The lowest BCUT2D eigenvalue weighted by molar-refractivity contribution is -0.143. The molecule has 0 aromatic heterocycles. The number of amides is 2. The van der Waals surface area contributed by atoms with Crippen molar-refractivity contribution in [1.82, 2.24) is 10.2 Å². The summed E-state index contributed by atoms with van der Waals surface area (Å²) >= 11 is 3.56. The quantitative estimate of drug-likeness (QED) is 0.416. The SMILES string of the molecule is CC[C@@H](C(=O)NC1CCCCC1)N(Cc1ccc(OC)cc1)C(=O)COc1cc(C)c(Br)c(C)c1. The van der Waals surface area contributed by atoms with Gasteiger partial charge in [0, 0.05) is 17.1 Å². The second-order valence-electron chi connectivity index (χ2n) is 9.30. The fraction of sp³-hybridized carbons (Fsp3) is 0.500. The number of nitrogens with zero attached hydrogens (tertiary/aromatic N) is 1. The smallest absolute Gasteiger partial charge is 0.261 e. The first-order chi connectivity index (χ1) is 16.8. The van der Waals surface area contributed by atoms with E-state index < -0.39 is 6.04 Å². The lowest BCUT2D eigenvalue weighted by Gasteiger charge is -2.32. The van der Waals surface area contributed by atoms with Gasteiger partial charge in [-0.2, -0.15) is 0 Å². The number of rotatable bonds is 10. The van der Waals surface area contributed by atoms with Crippen LogP contribution in [0.2, 0.25) is 0 Å². The highest BCUT2D eigenvalue weighted by Crippen LogP contribution is 2.26. The molecule has 1 aliphatic carbocycles. The second-order valence-corrected chi connectivity index (χ2v) is 10.1. The summed E-state index contributed by atoms with van der Waals surface area (Å²) in [5.74, 6) is 1.08. The van der Waals surface area contributed by atoms with Crippen molar-refractivity contribution < 1.29 is 19.1 Å². The molecule has 0 bridgehead atoms. The first-order valence-corrected chi connectivity index (χ1v) is 13.2. The number of benzene rings is 2. The van der Waals surface area contributed by atoms with E-state index >= 15 is 0 Å². The molecule has 1 saturated carbocycles. The lowest BCUT2D eigenvalue weighted by atomic mass is 9.95. The summed E-state index contributed by atoms with van der Waals surface area (Å²) in [6.45, 7) is 6.11. The minimum atomic E-state index is -0.566. The van der Waals surface area contributed by atoms with Crippen molar-refractivity contribution in [3.63, 3.8) is 0 Å². The zero-order chi connectivity index (χ0) is 25.4. The van der Waals surface area contributed by atoms with E-state index in [4.69, 9.17) is 9.47 Å². The summed E-state index contributed by atoms with van der Waals surface area (Å²) in [6.07, 6.45) is 6.01. The van der Waals surface area contributed by atoms with Crippen LogP contribution in [0.1, 0.15) is 62.1 Å². The van der Waals surface area contributed by atoms with E-state index in [-0.39, 0.29) is 24.5 Å². The van der Waals surface area contributed by atoms with Crippen LogP contribution < -0.4 is 14.8 Å². The third-order valence-electron chi connectivity index (χ3n) is 6.62. The van der Waals surface area contributed by atoms with E-state index in [1.54, 1.807) is 12.0 Å². The summed E-state index contributed by atoms with van der Waals surface area (Å²) in [7, 11) is 1.62. The molecule has 1 N–H and O–H groups in total. The fourth-order valence-corrected chi connectivity index (χ4v) is 4.84. The van der Waals surface area contributed by atoms with Crippen molar-refractivity contribution in [2.45, 2.75) is 77.9 Å². The number of ether oxygens (including phenoxy) is 2. The molecule has 2 aromatic carbocycles. The molecule has 1 aliphatic rings. The fourth-order valence-electron chi connectivity index (χ4n) is 4.61. The van der Waals surface area contributed by atoms with Gasteiger partial charge in [0.1, 0.15) is 17.5 Å². The number of aryl methyl sites for hydroxylation is 2. The minimum Gasteiger partial charge on any atom is -0.497 e. The van der Waals surface area contributed by atoms with Crippen LogP contribution in [0, 0.1) is 13.8 Å². The zero-order valence-electron chi connectivity index (χ0n) is 21.2. The molecule has 7 heteroatoms. The van der Waals surface area contributed by atoms with E-state index in [0.717, 1.165) is 52.6 Å². The van der Waals surface area contributed by atoms with E-state index in [1.165, 1.54) is 6.42 Å². The molecule has 0 radical (unpaired) electrons.